The predicted octanol–water partition coefficient (Wildman–Crippen LogP) is 5.46. The van der Waals surface area contributed by atoms with Crippen molar-refractivity contribution in [3.05, 3.63) is 57.3 Å². The molecule has 29 heavy (non-hydrogen) atoms. The molecule has 0 unspecified atom stereocenters. The van der Waals surface area contributed by atoms with E-state index in [1.807, 2.05) is 0 Å². The lowest BCUT2D eigenvalue weighted by atomic mass is 9.73. The lowest BCUT2D eigenvalue weighted by molar-refractivity contribution is -0.158. The van der Waals surface area contributed by atoms with Gasteiger partial charge < -0.3 is 4.74 Å². The highest BCUT2D eigenvalue weighted by Gasteiger charge is 2.43. The highest BCUT2D eigenvalue weighted by Crippen LogP contribution is 2.38. The average Bonchev–Trinajstić information content (AvgIpc) is 3.08. The van der Waals surface area contributed by atoms with E-state index in [0.717, 1.165) is 18.7 Å². The number of hydrogen-bond donors (Lipinski definition) is 0. The van der Waals surface area contributed by atoms with Crippen molar-refractivity contribution >= 4 is 17.3 Å². The molecule has 0 atom stereocenters. The fourth-order valence-electron chi connectivity index (χ4n) is 3.92. The van der Waals surface area contributed by atoms with Gasteiger partial charge in [-0.2, -0.15) is 13.2 Å². The Labute approximate surface area is 173 Å². The van der Waals surface area contributed by atoms with Crippen molar-refractivity contribution in [2.75, 3.05) is 19.7 Å². The lowest BCUT2D eigenvalue weighted by Crippen LogP contribution is -2.46. The number of piperidine rings is 1. The van der Waals surface area contributed by atoms with E-state index in [-0.39, 0.29) is 19.0 Å². The van der Waals surface area contributed by atoms with Crippen LogP contribution in [0.25, 0.3) is 0 Å². The van der Waals surface area contributed by atoms with Gasteiger partial charge in [0.25, 0.3) is 0 Å². The first kappa shape index (κ1) is 21.8. The van der Waals surface area contributed by atoms with Crippen LogP contribution in [0.3, 0.4) is 0 Å². The summed E-state index contributed by atoms with van der Waals surface area (Å²) in [6.45, 7) is 6.36. The van der Waals surface area contributed by atoms with Crippen LogP contribution in [0.1, 0.15) is 40.6 Å². The molecule has 0 spiro atoms. The van der Waals surface area contributed by atoms with Gasteiger partial charge in [-0.25, -0.2) is 0 Å². The number of ether oxygens (including phenoxy) is 1. The molecular formula is C22H26F3NO2S. The predicted molar refractivity (Wildman–Crippen MR) is 108 cm³/mol. The number of carbonyl (C=O) groups is 1. The van der Waals surface area contributed by atoms with Crippen molar-refractivity contribution in [2.45, 2.75) is 45.8 Å². The second-order valence-corrected chi connectivity index (χ2v) is 9.04. The summed E-state index contributed by atoms with van der Waals surface area (Å²) >= 11 is 1.76. The van der Waals surface area contributed by atoms with Crippen LogP contribution in [0.4, 0.5) is 13.2 Å². The largest absolute Gasteiger partial charge is 0.466 e. The molecule has 1 aromatic heterocycles. The molecule has 0 saturated carbocycles. The lowest BCUT2D eigenvalue weighted by Gasteiger charge is -2.40. The minimum atomic E-state index is -4.39. The number of aryl methyl sites for hydroxylation is 1. The minimum absolute atomic E-state index is 0.265. The molecule has 1 aliphatic rings. The Morgan fingerprint density at radius 2 is 1.93 bits per heavy atom. The van der Waals surface area contributed by atoms with Crippen LogP contribution in [0.15, 0.2) is 36.4 Å². The standard InChI is InChI=1S/C22H26F3NO2S/c1-3-28-20(27)21(14-17-5-4-6-18(13-17)22(23,24)25)9-11-26(12-10-21)15-19-8-7-16(2)29-19/h4-8,13H,3,9-12,14-15H2,1-2H3. The molecule has 1 aliphatic heterocycles. The van der Waals surface area contributed by atoms with Crippen molar-refractivity contribution in [3.63, 3.8) is 0 Å². The molecule has 1 aromatic carbocycles. The summed E-state index contributed by atoms with van der Waals surface area (Å²) in [5.41, 5.74) is -0.933. The van der Waals surface area contributed by atoms with Gasteiger partial charge in [0.2, 0.25) is 0 Å². The molecule has 0 radical (unpaired) electrons. The van der Waals surface area contributed by atoms with Gasteiger partial charge in [-0.05, 0) is 70.0 Å². The third-order valence-corrected chi connectivity index (χ3v) is 6.48. The summed E-state index contributed by atoms with van der Waals surface area (Å²) in [7, 11) is 0. The Kier molecular flexibility index (Phi) is 6.69. The molecule has 3 nitrogen and oxygen atoms in total. The van der Waals surface area contributed by atoms with Gasteiger partial charge in [-0.3, -0.25) is 9.69 Å². The van der Waals surface area contributed by atoms with E-state index in [0.29, 0.717) is 31.5 Å². The van der Waals surface area contributed by atoms with Crippen molar-refractivity contribution < 1.29 is 22.7 Å². The molecular weight excluding hydrogens is 399 g/mol. The molecule has 0 amide bonds. The van der Waals surface area contributed by atoms with Crippen LogP contribution < -0.4 is 0 Å². The second kappa shape index (κ2) is 8.88. The Balaban J connectivity index is 1.75. The van der Waals surface area contributed by atoms with E-state index in [2.05, 4.69) is 24.0 Å². The first-order valence-electron chi connectivity index (χ1n) is 9.83. The summed E-state index contributed by atoms with van der Waals surface area (Å²) in [6, 6.07) is 9.51. The van der Waals surface area contributed by atoms with Crippen molar-refractivity contribution in [1.29, 1.82) is 0 Å². The number of halogens is 3. The number of nitrogens with zero attached hydrogens (tertiary/aromatic N) is 1. The van der Waals surface area contributed by atoms with Crippen LogP contribution >= 0.6 is 11.3 Å². The number of esters is 1. The molecule has 2 heterocycles. The quantitative estimate of drug-likeness (QED) is 0.576. The maximum atomic E-state index is 13.1. The molecule has 1 saturated heterocycles. The number of alkyl halides is 3. The number of carbonyl (C=O) groups excluding carboxylic acids is 1. The molecule has 7 heteroatoms. The Hall–Kier alpha value is -1.86. The first-order valence-corrected chi connectivity index (χ1v) is 10.6. The van der Waals surface area contributed by atoms with E-state index in [4.69, 9.17) is 4.74 Å². The fraction of sp³-hybridized carbons (Fsp3) is 0.500. The summed E-state index contributed by atoms with van der Waals surface area (Å²) in [5, 5.41) is 0. The van der Waals surface area contributed by atoms with Crippen LogP contribution in [0.2, 0.25) is 0 Å². The summed E-state index contributed by atoms with van der Waals surface area (Å²) in [6.07, 6.45) is -2.98. The average molecular weight is 426 g/mol. The highest BCUT2D eigenvalue weighted by molar-refractivity contribution is 7.11. The zero-order chi connectivity index (χ0) is 21.1. The Morgan fingerprint density at radius 1 is 1.21 bits per heavy atom. The maximum Gasteiger partial charge on any atom is 0.416 e. The van der Waals surface area contributed by atoms with Gasteiger partial charge in [0.05, 0.1) is 17.6 Å². The molecule has 0 N–H and O–H groups in total. The molecule has 158 valence electrons. The first-order chi connectivity index (χ1) is 13.7. The number of thiophene rings is 1. The van der Waals surface area contributed by atoms with Crippen LogP contribution in [0, 0.1) is 12.3 Å². The van der Waals surface area contributed by atoms with E-state index in [1.54, 1.807) is 24.3 Å². The van der Waals surface area contributed by atoms with Gasteiger partial charge in [0.1, 0.15) is 0 Å². The summed E-state index contributed by atoms with van der Waals surface area (Å²) in [4.78, 5) is 17.7. The zero-order valence-corrected chi connectivity index (χ0v) is 17.5. The molecule has 0 bridgehead atoms. The fourth-order valence-corrected chi connectivity index (χ4v) is 4.85. The van der Waals surface area contributed by atoms with Crippen molar-refractivity contribution in [1.82, 2.24) is 4.90 Å². The van der Waals surface area contributed by atoms with Gasteiger partial charge in [-0.1, -0.05) is 18.2 Å². The highest BCUT2D eigenvalue weighted by atomic mass is 32.1. The molecule has 2 aromatic rings. The number of benzene rings is 1. The third-order valence-electron chi connectivity index (χ3n) is 5.49. The molecule has 1 fully saturated rings. The van der Waals surface area contributed by atoms with Crippen LogP contribution in [-0.4, -0.2) is 30.6 Å². The topological polar surface area (TPSA) is 29.5 Å². The summed E-state index contributed by atoms with van der Waals surface area (Å²) < 4.78 is 44.6. The van der Waals surface area contributed by atoms with Crippen molar-refractivity contribution in [3.8, 4) is 0 Å². The number of likely N-dealkylation sites (tertiary alicyclic amines) is 1. The van der Waals surface area contributed by atoms with Crippen LogP contribution in [0.5, 0.6) is 0 Å². The normalized spacial score (nSPS) is 17.3. The van der Waals surface area contributed by atoms with Crippen LogP contribution in [-0.2, 0) is 28.7 Å². The monoisotopic (exact) mass is 425 g/mol. The maximum absolute atomic E-state index is 13.1. The molecule has 0 aliphatic carbocycles. The van der Waals surface area contributed by atoms with Gasteiger partial charge in [0, 0.05) is 16.3 Å². The summed E-state index contributed by atoms with van der Waals surface area (Å²) in [5.74, 6) is -0.302. The van der Waals surface area contributed by atoms with E-state index >= 15 is 0 Å². The van der Waals surface area contributed by atoms with Gasteiger partial charge in [-0.15, -0.1) is 11.3 Å². The SMILES string of the molecule is CCOC(=O)C1(Cc2cccc(C(F)(F)F)c2)CCN(Cc2ccc(C)s2)CC1. The third kappa shape index (κ3) is 5.39. The van der Waals surface area contributed by atoms with Gasteiger partial charge >= 0.3 is 12.1 Å². The minimum Gasteiger partial charge on any atom is -0.466 e. The zero-order valence-electron chi connectivity index (χ0n) is 16.7. The Bertz CT molecular complexity index is 839. The van der Waals surface area contributed by atoms with E-state index < -0.39 is 17.2 Å². The number of rotatable bonds is 6. The van der Waals surface area contributed by atoms with Gasteiger partial charge in [0.15, 0.2) is 0 Å². The van der Waals surface area contributed by atoms with Crippen molar-refractivity contribution in [2.24, 2.45) is 5.41 Å². The smallest absolute Gasteiger partial charge is 0.416 e. The Morgan fingerprint density at radius 3 is 2.52 bits per heavy atom. The van der Waals surface area contributed by atoms with E-state index in [9.17, 15) is 18.0 Å². The second-order valence-electron chi connectivity index (χ2n) is 7.66. The van der Waals surface area contributed by atoms with E-state index in [1.165, 1.54) is 15.8 Å². The number of hydrogen-bond acceptors (Lipinski definition) is 4. The molecule has 3 rings (SSSR count).